The molecule has 1 aromatic rings. The third-order valence-electron chi connectivity index (χ3n) is 1.10. The number of aromatic amines is 1. The summed E-state index contributed by atoms with van der Waals surface area (Å²) in [6.45, 7) is 1.33. The highest BCUT2D eigenvalue weighted by atomic mass is 19.4. The van der Waals surface area contributed by atoms with Gasteiger partial charge in [-0.3, -0.25) is 0 Å². The third kappa shape index (κ3) is 1.12. The molecule has 0 aliphatic heterocycles. The predicted molar refractivity (Wildman–Crippen MR) is 28.3 cm³/mol. The summed E-state index contributed by atoms with van der Waals surface area (Å²) >= 11 is 0. The summed E-state index contributed by atoms with van der Waals surface area (Å²) < 4.78 is 35.4. The lowest BCUT2D eigenvalue weighted by Gasteiger charge is -2.01. The maximum absolute atomic E-state index is 11.8. The van der Waals surface area contributed by atoms with Crippen LogP contribution in [0.4, 0.5) is 13.2 Å². The molecule has 0 fully saturated rings. The van der Waals surface area contributed by atoms with Gasteiger partial charge in [-0.1, -0.05) is 0 Å². The van der Waals surface area contributed by atoms with E-state index in [2.05, 4.69) is 9.97 Å². The summed E-state index contributed by atoms with van der Waals surface area (Å²) in [6, 6.07) is 0. The summed E-state index contributed by atoms with van der Waals surface area (Å²) in [5, 5.41) is 0. The number of nitrogens with one attached hydrogen (secondary N) is 1. The van der Waals surface area contributed by atoms with Gasteiger partial charge in [0, 0.05) is 5.69 Å². The van der Waals surface area contributed by atoms with Crippen molar-refractivity contribution in [2.24, 2.45) is 0 Å². The van der Waals surface area contributed by atoms with Crippen LogP contribution in [0.1, 0.15) is 11.4 Å². The predicted octanol–water partition coefficient (Wildman–Crippen LogP) is 1.74. The van der Waals surface area contributed by atoms with E-state index < -0.39 is 11.9 Å². The van der Waals surface area contributed by atoms with Crippen molar-refractivity contribution in [3.05, 3.63) is 17.7 Å². The van der Waals surface area contributed by atoms with Gasteiger partial charge in [0.25, 0.3) is 0 Å². The molecule has 0 saturated carbocycles. The molecule has 0 atom stereocenters. The van der Waals surface area contributed by atoms with E-state index in [1.165, 1.54) is 6.92 Å². The van der Waals surface area contributed by atoms with Gasteiger partial charge in [-0.2, -0.15) is 13.2 Å². The summed E-state index contributed by atoms with van der Waals surface area (Å²) in [7, 11) is 0. The van der Waals surface area contributed by atoms with Crippen molar-refractivity contribution in [3.8, 4) is 0 Å². The SMILES string of the molecule is Cc1[nH]cnc1C(F)(F)F. The van der Waals surface area contributed by atoms with Gasteiger partial charge in [-0.25, -0.2) is 4.98 Å². The van der Waals surface area contributed by atoms with Gasteiger partial charge in [0.15, 0.2) is 5.69 Å². The van der Waals surface area contributed by atoms with Crippen molar-refractivity contribution in [3.63, 3.8) is 0 Å². The molecule has 56 valence electrons. The second-order valence-electron chi connectivity index (χ2n) is 1.87. The molecule has 0 saturated heterocycles. The van der Waals surface area contributed by atoms with Gasteiger partial charge in [0.05, 0.1) is 6.33 Å². The van der Waals surface area contributed by atoms with E-state index in [9.17, 15) is 13.2 Å². The minimum Gasteiger partial charge on any atom is -0.348 e. The lowest BCUT2D eigenvalue weighted by atomic mass is 10.3. The van der Waals surface area contributed by atoms with Crippen LogP contribution in [0, 0.1) is 6.92 Å². The van der Waals surface area contributed by atoms with E-state index in [0.717, 1.165) is 6.33 Å². The zero-order valence-electron chi connectivity index (χ0n) is 5.16. The van der Waals surface area contributed by atoms with Gasteiger partial charge >= 0.3 is 6.18 Å². The fourth-order valence-electron chi connectivity index (χ4n) is 0.645. The Morgan fingerprint density at radius 1 is 1.50 bits per heavy atom. The fraction of sp³-hybridized carbons (Fsp3) is 0.400. The first-order valence-corrected chi connectivity index (χ1v) is 2.59. The normalized spacial score (nSPS) is 12.0. The number of rotatable bonds is 0. The van der Waals surface area contributed by atoms with Crippen LogP contribution in [0.15, 0.2) is 6.33 Å². The highest BCUT2D eigenvalue weighted by molar-refractivity contribution is 5.11. The Kier molecular flexibility index (Phi) is 1.42. The topological polar surface area (TPSA) is 28.7 Å². The fourth-order valence-corrected chi connectivity index (χ4v) is 0.645. The summed E-state index contributed by atoms with van der Waals surface area (Å²) in [5.41, 5.74) is -0.792. The molecule has 0 unspecified atom stereocenters. The third-order valence-corrected chi connectivity index (χ3v) is 1.10. The van der Waals surface area contributed by atoms with Crippen molar-refractivity contribution in [2.45, 2.75) is 13.1 Å². The van der Waals surface area contributed by atoms with Crippen molar-refractivity contribution in [2.75, 3.05) is 0 Å². The van der Waals surface area contributed by atoms with Crippen LogP contribution in [0.3, 0.4) is 0 Å². The number of aromatic nitrogens is 2. The van der Waals surface area contributed by atoms with Crippen molar-refractivity contribution in [1.29, 1.82) is 0 Å². The number of hydrogen-bond acceptors (Lipinski definition) is 1. The van der Waals surface area contributed by atoms with Crippen LogP contribution in [0.2, 0.25) is 0 Å². The molecule has 1 rings (SSSR count). The lowest BCUT2D eigenvalue weighted by Crippen LogP contribution is -2.06. The molecule has 0 aliphatic rings. The minimum atomic E-state index is -4.33. The largest absolute Gasteiger partial charge is 0.435 e. The van der Waals surface area contributed by atoms with Crippen LogP contribution >= 0.6 is 0 Å². The molecule has 10 heavy (non-hydrogen) atoms. The number of H-pyrrole nitrogens is 1. The quantitative estimate of drug-likeness (QED) is 0.599. The molecule has 0 amide bonds. The molecular formula is C5H5F3N2. The van der Waals surface area contributed by atoms with Crippen LogP contribution in [0.5, 0.6) is 0 Å². The Morgan fingerprint density at radius 2 is 2.10 bits per heavy atom. The molecule has 1 heterocycles. The number of hydrogen-bond donors (Lipinski definition) is 1. The highest BCUT2D eigenvalue weighted by Crippen LogP contribution is 2.28. The number of halogens is 3. The molecule has 0 bridgehead atoms. The van der Waals surface area contributed by atoms with Crippen LogP contribution < -0.4 is 0 Å². The zero-order chi connectivity index (χ0) is 7.78. The van der Waals surface area contributed by atoms with Crippen molar-refractivity contribution in [1.82, 2.24) is 9.97 Å². The minimum absolute atomic E-state index is 0.0486. The molecule has 0 radical (unpaired) electrons. The van der Waals surface area contributed by atoms with E-state index >= 15 is 0 Å². The molecule has 0 aromatic carbocycles. The molecule has 2 nitrogen and oxygen atoms in total. The highest BCUT2D eigenvalue weighted by Gasteiger charge is 2.34. The zero-order valence-corrected chi connectivity index (χ0v) is 5.16. The van der Waals surface area contributed by atoms with Crippen LogP contribution in [-0.2, 0) is 6.18 Å². The average Bonchev–Trinajstić information content (AvgIpc) is 2.11. The van der Waals surface area contributed by atoms with Gasteiger partial charge in [-0.15, -0.1) is 0 Å². The Morgan fingerprint density at radius 3 is 2.30 bits per heavy atom. The first-order chi connectivity index (χ1) is 4.52. The van der Waals surface area contributed by atoms with Gasteiger partial charge in [-0.05, 0) is 6.92 Å². The number of imidazole rings is 1. The summed E-state index contributed by atoms with van der Waals surface area (Å²) in [6.07, 6.45) is -3.30. The Balaban J connectivity index is 3.05. The summed E-state index contributed by atoms with van der Waals surface area (Å²) in [5.74, 6) is 0. The first-order valence-electron chi connectivity index (χ1n) is 2.59. The maximum atomic E-state index is 11.8. The van der Waals surface area contributed by atoms with Gasteiger partial charge in [0.2, 0.25) is 0 Å². The molecule has 1 aromatic heterocycles. The monoisotopic (exact) mass is 150 g/mol. The number of aryl methyl sites for hydroxylation is 1. The second-order valence-corrected chi connectivity index (χ2v) is 1.87. The van der Waals surface area contributed by atoms with Gasteiger partial charge in [0.1, 0.15) is 0 Å². The van der Waals surface area contributed by atoms with E-state index in [4.69, 9.17) is 0 Å². The number of alkyl halides is 3. The van der Waals surface area contributed by atoms with Gasteiger partial charge < -0.3 is 4.98 Å². The van der Waals surface area contributed by atoms with Crippen LogP contribution in [-0.4, -0.2) is 9.97 Å². The molecule has 0 aliphatic carbocycles. The Bertz CT molecular complexity index is 225. The van der Waals surface area contributed by atoms with E-state index in [1.54, 1.807) is 0 Å². The first kappa shape index (κ1) is 7.11. The standard InChI is InChI=1S/C5H5F3N2/c1-3-4(5(6,7)8)10-2-9-3/h2H,1H3,(H,9,10). The van der Waals surface area contributed by atoms with Crippen molar-refractivity contribution < 1.29 is 13.2 Å². The van der Waals surface area contributed by atoms with Crippen molar-refractivity contribution >= 4 is 0 Å². The molecule has 1 N–H and O–H groups in total. The van der Waals surface area contributed by atoms with E-state index in [1.807, 2.05) is 0 Å². The molecule has 0 spiro atoms. The smallest absolute Gasteiger partial charge is 0.348 e. The lowest BCUT2D eigenvalue weighted by molar-refractivity contribution is -0.141. The Hall–Kier alpha value is -1.00. The molecular weight excluding hydrogens is 145 g/mol. The van der Waals surface area contributed by atoms with Crippen LogP contribution in [0.25, 0.3) is 0 Å². The summed E-state index contributed by atoms with van der Waals surface area (Å²) in [4.78, 5) is 5.45. The van der Waals surface area contributed by atoms with E-state index in [-0.39, 0.29) is 5.69 Å². The molecule has 5 heteroatoms. The number of nitrogens with zero attached hydrogens (tertiary/aromatic N) is 1. The second kappa shape index (κ2) is 2.00. The Labute approximate surface area is 55.1 Å². The average molecular weight is 150 g/mol. The van der Waals surface area contributed by atoms with E-state index in [0.29, 0.717) is 0 Å². The maximum Gasteiger partial charge on any atom is 0.435 e.